The molecule has 0 unspecified atom stereocenters. The van der Waals surface area contributed by atoms with Crippen LogP contribution >= 0.6 is 11.6 Å². The summed E-state index contributed by atoms with van der Waals surface area (Å²) in [5.74, 6) is -0.206. The standard InChI is InChI=1S/C22H24ClN3O3S/c23-19-7-3-4-16-14-20(25-21(16)19)22(27)24-13-12-15-8-10-18(11-9-15)30(28,29)26-17-5-1-2-6-17/h3-4,7-11,14,17,25-26H,1-2,5-6,12-13H2,(H,24,27). The molecule has 8 heteroatoms. The number of benzene rings is 2. The van der Waals surface area contributed by atoms with Gasteiger partial charge in [-0.2, -0.15) is 0 Å². The first-order valence-corrected chi connectivity index (χ1v) is 12.0. The maximum atomic E-state index is 12.5. The number of para-hydroxylation sites is 1. The second kappa shape index (κ2) is 8.79. The number of halogens is 1. The van der Waals surface area contributed by atoms with Crippen LogP contribution in [0.5, 0.6) is 0 Å². The summed E-state index contributed by atoms with van der Waals surface area (Å²) in [6.07, 6.45) is 4.55. The van der Waals surface area contributed by atoms with Gasteiger partial charge in [0.1, 0.15) is 5.69 Å². The predicted molar refractivity (Wildman–Crippen MR) is 118 cm³/mol. The average Bonchev–Trinajstić information content (AvgIpc) is 3.38. The number of rotatable bonds is 7. The van der Waals surface area contributed by atoms with E-state index in [1.54, 1.807) is 36.4 Å². The van der Waals surface area contributed by atoms with Crippen LogP contribution in [0.15, 0.2) is 53.4 Å². The van der Waals surface area contributed by atoms with E-state index < -0.39 is 10.0 Å². The van der Waals surface area contributed by atoms with Crippen LogP contribution in [0.3, 0.4) is 0 Å². The summed E-state index contributed by atoms with van der Waals surface area (Å²) < 4.78 is 27.7. The van der Waals surface area contributed by atoms with E-state index in [1.807, 2.05) is 12.1 Å². The molecule has 0 spiro atoms. The minimum absolute atomic E-state index is 0.0457. The van der Waals surface area contributed by atoms with E-state index in [0.29, 0.717) is 23.7 Å². The van der Waals surface area contributed by atoms with Gasteiger partial charge in [-0.05, 0) is 49.1 Å². The molecule has 1 heterocycles. The fourth-order valence-corrected chi connectivity index (χ4v) is 5.36. The van der Waals surface area contributed by atoms with E-state index in [9.17, 15) is 13.2 Å². The molecule has 2 aromatic carbocycles. The number of nitrogens with one attached hydrogen (secondary N) is 3. The Kier molecular flexibility index (Phi) is 6.13. The van der Waals surface area contributed by atoms with Crippen LogP contribution in [0.1, 0.15) is 41.7 Å². The Morgan fingerprint density at radius 2 is 1.83 bits per heavy atom. The van der Waals surface area contributed by atoms with Gasteiger partial charge >= 0.3 is 0 Å². The van der Waals surface area contributed by atoms with Gasteiger partial charge in [-0.1, -0.05) is 48.7 Å². The van der Waals surface area contributed by atoms with Crippen LogP contribution in [0, 0.1) is 0 Å². The SMILES string of the molecule is O=C(NCCc1ccc(S(=O)(=O)NC2CCCC2)cc1)c1cc2cccc(Cl)c2[nH]1. The number of carbonyl (C=O) groups excluding carboxylic acids is 1. The van der Waals surface area contributed by atoms with Crippen LogP contribution in [-0.4, -0.2) is 31.9 Å². The minimum atomic E-state index is -3.48. The first-order valence-electron chi connectivity index (χ1n) is 10.1. The summed E-state index contributed by atoms with van der Waals surface area (Å²) in [6, 6.07) is 14.1. The van der Waals surface area contributed by atoms with Gasteiger partial charge in [0.15, 0.2) is 0 Å². The smallest absolute Gasteiger partial charge is 0.267 e. The molecule has 0 radical (unpaired) electrons. The van der Waals surface area contributed by atoms with E-state index in [-0.39, 0.29) is 16.8 Å². The summed E-state index contributed by atoms with van der Waals surface area (Å²) in [4.78, 5) is 15.7. The lowest BCUT2D eigenvalue weighted by Gasteiger charge is -2.13. The van der Waals surface area contributed by atoms with Gasteiger partial charge in [-0.15, -0.1) is 0 Å². The molecule has 158 valence electrons. The van der Waals surface area contributed by atoms with Gasteiger partial charge in [0.25, 0.3) is 5.91 Å². The number of carbonyl (C=O) groups is 1. The quantitative estimate of drug-likeness (QED) is 0.513. The molecule has 3 N–H and O–H groups in total. The van der Waals surface area contributed by atoms with Crippen molar-refractivity contribution in [3.05, 3.63) is 64.8 Å². The Morgan fingerprint density at radius 3 is 2.53 bits per heavy atom. The zero-order chi connectivity index (χ0) is 21.1. The summed E-state index contributed by atoms with van der Waals surface area (Å²) >= 11 is 6.14. The highest BCUT2D eigenvalue weighted by Crippen LogP contribution is 2.23. The van der Waals surface area contributed by atoms with Crippen molar-refractivity contribution in [3.63, 3.8) is 0 Å². The zero-order valence-electron chi connectivity index (χ0n) is 16.4. The van der Waals surface area contributed by atoms with E-state index in [4.69, 9.17) is 11.6 Å². The van der Waals surface area contributed by atoms with Gasteiger partial charge in [0.05, 0.1) is 15.4 Å². The molecule has 1 aliphatic carbocycles. The van der Waals surface area contributed by atoms with Crippen LogP contribution in [0.25, 0.3) is 10.9 Å². The normalized spacial score (nSPS) is 15.0. The fraction of sp³-hybridized carbons (Fsp3) is 0.318. The molecule has 0 saturated heterocycles. The molecule has 1 saturated carbocycles. The highest BCUT2D eigenvalue weighted by molar-refractivity contribution is 7.89. The molecule has 1 aliphatic rings. The molecule has 0 aliphatic heterocycles. The molecule has 1 aromatic heterocycles. The Bertz CT molecular complexity index is 1150. The van der Waals surface area contributed by atoms with Gasteiger partial charge < -0.3 is 10.3 Å². The van der Waals surface area contributed by atoms with Gasteiger partial charge in [-0.3, -0.25) is 4.79 Å². The number of amides is 1. The summed E-state index contributed by atoms with van der Waals surface area (Å²) in [7, 11) is -3.48. The maximum Gasteiger partial charge on any atom is 0.267 e. The largest absolute Gasteiger partial charge is 0.350 e. The molecule has 6 nitrogen and oxygen atoms in total. The van der Waals surface area contributed by atoms with Gasteiger partial charge in [0.2, 0.25) is 10.0 Å². The van der Waals surface area contributed by atoms with Gasteiger partial charge in [-0.25, -0.2) is 13.1 Å². The van der Waals surface area contributed by atoms with Crippen molar-refractivity contribution in [1.82, 2.24) is 15.0 Å². The van der Waals surface area contributed by atoms with E-state index in [0.717, 1.165) is 42.1 Å². The number of aromatic nitrogens is 1. The molecule has 1 fully saturated rings. The summed E-state index contributed by atoms with van der Waals surface area (Å²) in [5, 5.41) is 4.34. The molecule has 4 rings (SSSR count). The lowest BCUT2D eigenvalue weighted by atomic mass is 10.1. The third-order valence-electron chi connectivity index (χ3n) is 5.46. The van der Waals surface area contributed by atoms with Crippen molar-refractivity contribution in [3.8, 4) is 0 Å². The Hall–Kier alpha value is -2.35. The van der Waals surface area contributed by atoms with Crippen LogP contribution in [0.4, 0.5) is 0 Å². The molecule has 0 atom stereocenters. The second-order valence-corrected chi connectivity index (χ2v) is 9.76. The van der Waals surface area contributed by atoms with Crippen molar-refractivity contribution < 1.29 is 13.2 Å². The first-order chi connectivity index (χ1) is 14.4. The topological polar surface area (TPSA) is 91.1 Å². The first kappa shape index (κ1) is 20.9. The Balaban J connectivity index is 1.32. The summed E-state index contributed by atoms with van der Waals surface area (Å²) in [6.45, 7) is 0.439. The highest BCUT2D eigenvalue weighted by Gasteiger charge is 2.22. The summed E-state index contributed by atoms with van der Waals surface area (Å²) in [5.41, 5.74) is 2.15. The number of aromatic amines is 1. The number of sulfonamides is 1. The van der Waals surface area contributed by atoms with E-state index >= 15 is 0 Å². The number of fused-ring (bicyclic) bond motifs is 1. The molecular formula is C22H24ClN3O3S. The average molecular weight is 446 g/mol. The molecule has 30 heavy (non-hydrogen) atoms. The highest BCUT2D eigenvalue weighted by atomic mass is 35.5. The second-order valence-electron chi connectivity index (χ2n) is 7.64. The van der Waals surface area contributed by atoms with Crippen molar-refractivity contribution in [2.45, 2.75) is 43.0 Å². The number of hydrogen-bond acceptors (Lipinski definition) is 3. The van der Waals surface area contributed by atoms with Crippen molar-refractivity contribution in [2.24, 2.45) is 0 Å². The van der Waals surface area contributed by atoms with Gasteiger partial charge in [0, 0.05) is 18.0 Å². The predicted octanol–water partition coefficient (Wildman–Crippen LogP) is 4.01. The zero-order valence-corrected chi connectivity index (χ0v) is 18.0. The van der Waals surface area contributed by atoms with Crippen LogP contribution < -0.4 is 10.0 Å². The Labute approximate surface area is 181 Å². The monoisotopic (exact) mass is 445 g/mol. The molecule has 1 amide bonds. The van der Waals surface area contributed by atoms with E-state index in [1.165, 1.54) is 0 Å². The lowest BCUT2D eigenvalue weighted by Crippen LogP contribution is -2.32. The lowest BCUT2D eigenvalue weighted by molar-refractivity contribution is 0.0950. The third kappa shape index (κ3) is 4.69. The molecule has 3 aromatic rings. The molecular weight excluding hydrogens is 422 g/mol. The van der Waals surface area contributed by atoms with Crippen molar-refractivity contribution >= 4 is 38.4 Å². The van der Waals surface area contributed by atoms with E-state index in [2.05, 4.69) is 15.0 Å². The van der Waals surface area contributed by atoms with Crippen LogP contribution in [-0.2, 0) is 16.4 Å². The fourth-order valence-electron chi connectivity index (χ4n) is 3.82. The number of hydrogen-bond donors (Lipinski definition) is 3. The molecule has 0 bridgehead atoms. The Morgan fingerprint density at radius 1 is 1.10 bits per heavy atom. The number of H-pyrrole nitrogens is 1. The van der Waals surface area contributed by atoms with Crippen molar-refractivity contribution in [2.75, 3.05) is 6.54 Å². The third-order valence-corrected chi connectivity index (χ3v) is 7.31. The van der Waals surface area contributed by atoms with Crippen LogP contribution in [0.2, 0.25) is 5.02 Å². The maximum absolute atomic E-state index is 12.5. The van der Waals surface area contributed by atoms with Crippen molar-refractivity contribution in [1.29, 1.82) is 0 Å². The minimum Gasteiger partial charge on any atom is -0.350 e.